The van der Waals surface area contributed by atoms with Gasteiger partial charge in [-0.1, -0.05) is 30.3 Å². The summed E-state index contributed by atoms with van der Waals surface area (Å²) in [5.74, 6) is 0. The Balaban J connectivity index is 1.20. The summed E-state index contributed by atoms with van der Waals surface area (Å²) in [6.07, 6.45) is 8.19. The molecule has 1 aliphatic carbocycles. The number of nitrogens with one attached hydrogen (secondary N) is 1. The Morgan fingerprint density at radius 3 is 2.74 bits per heavy atom. The third-order valence-electron chi connectivity index (χ3n) is 7.24. The predicted molar refractivity (Wildman–Crippen MR) is 139 cm³/mol. The second-order valence-corrected chi connectivity index (χ2v) is 10.7. The summed E-state index contributed by atoms with van der Waals surface area (Å²) < 4.78 is 6.92. The summed E-state index contributed by atoms with van der Waals surface area (Å²) >= 11 is 1.68. The maximum absolute atomic E-state index is 13.3. The maximum atomic E-state index is 13.3. The Morgan fingerprint density at radius 1 is 1.17 bits per heavy atom. The monoisotopic (exact) mass is 494 g/mol. The fraction of sp³-hybridized carbons (Fsp3) is 0.519. The van der Waals surface area contributed by atoms with Gasteiger partial charge in [0.2, 0.25) is 0 Å². The van der Waals surface area contributed by atoms with Crippen molar-refractivity contribution in [2.45, 2.75) is 70.5 Å². The molecule has 1 saturated heterocycles. The summed E-state index contributed by atoms with van der Waals surface area (Å²) in [6.45, 7) is 4.44. The fourth-order valence-corrected chi connectivity index (χ4v) is 6.64. The lowest BCUT2D eigenvalue weighted by atomic mass is 9.91. The molecule has 0 bridgehead atoms. The van der Waals surface area contributed by atoms with Gasteiger partial charge in [0, 0.05) is 36.6 Å². The molecule has 2 aromatic heterocycles. The number of rotatable bonds is 7. The number of carbonyl (C=O) groups is 1. The first-order valence-corrected chi connectivity index (χ1v) is 13.7. The molecule has 1 aromatic carbocycles. The zero-order valence-electron chi connectivity index (χ0n) is 20.4. The zero-order valence-corrected chi connectivity index (χ0v) is 21.2. The summed E-state index contributed by atoms with van der Waals surface area (Å²) in [5.41, 5.74) is 2.63. The molecule has 1 N–H and O–H groups in total. The highest BCUT2D eigenvalue weighted by Gasteiger charge is 2.29. The van der Waals surface area contributed by atoms with Crippen LogP contribution in [-0.4, -0.2) is 52.3 Å². The van der Waals surface area contributed by atoms with E-state index in [-0.39, 0.29) is 11.7 Å². The van der Waals surface area contributed by atoms with Crippen molar-refractivity contribution in [1.82, 2.24) is 19.8 Å². The van der Waals surface area contributed by atoms with E-state index in [0.717, 1.165) is 68.3 Å². The van der Waals surface area contributed by atoms with Crippen molar-refractivity contribution in [3.8, 4) is 0 Å². The second-order valence-electron chi connectivity index (χ2n) is 9.58. The minimum atomic E-state index is -0.197. The van der Waals surface area contributed by atoms with Gasteiger partial charge in [-0.3, -0.25) is 9.36 Å². The zero-order chi connectivity index (χ0) is 24.2. The Hall–Kier alpha value is -2.71. The van der Waals surface area contributed by atoms with E-state index in [2.05, 4.69) is 34.6 Å². The van der Waals surface area contributed by atoms with E-state index in [9.17, 15) is 9.59 Å². The molecule has 5 rings (SSSR count). The highest BCUT2D eigenvalue weighted by molar-refractivity contribution is 7.18. The van der Waals surface area contributed by atoms with Crippen LogP contribution in [0.5, 0.6) is 0 Å². The molecule has 186 valence electrons. The Morgan fingerprint density at radius 2 is 1.97 bits per heavy atom. The minimum Gasteiger partial charge on any atom is -0.450 e. The number of amides is 1. The molecule has 0 radical (unpaired) electrons. The maximum Gasteiger partial charge on any atom is 0.409 e. The van der Waals surface area contributed by atoms with Crippen molar-refractivity contribution < 1.29 is 9.53 Å². The summed E-state index contributed by atoms with van der Waals surface area (Å²) in [7, 11) is 0. The number of thiophene rings is 1. The van der Waals surface area contributed by atoms with Gasteiger partial charge in [-0.2, -0.15) is 0 Å². The SMILES string of the molecule is CCOC(=O)N1CCC(NC2CCc3c(sc4ncn(CCCc5ccccc5)c(=O)c34)C2)CC1. The number of aryl methyl sites for hydroxylation is 3. The van der Waals surface area contributed by atoms with E-state index >= 15 is 0 Å². The molecule has 1 unspecified atom stereocenters. The smallest absolute Gasteiger partial charge is 0.409 e. The first kappa shape index (κ1) is 24.0. The van der Waals surface area contributed by atoms with Crippen LogP contribution in [0.25, 0.3) is 10.2 Å². The molecular formula is C27H34N4O3S. The van der Waals surface area contributed by atoms with Crippen molar-refractivity contribution in [3.05, 3.63) is 63.0 Å². The molecule has 8 heteroatoms. The molecule has 1 amide bonds. The quantitative estimate of drug-likeness (QED) is 0.534. The molecular weight excluding hydrogens is 460 g/mol. The van der Waals surface area contributed by atoms with Crippen LogP contribution in [0.1, 0.15) is 48.6 Å². The minimum absolute atomic E-state index is 0.110. The first-order chi connectivity index (χ1) is 17.1. The molecule has 0 spiro atoms. The van der Waals surface area contributed by atoms with Crippen molar-refractivity contribution in [1.29, 1.82) is 0 Å². The molecule has 7 nitrogen and oxygen atoms in total. The van der Waals surface area contributed by atoms with Crippen LogP contribution in [0.2, 0.25) is 0 Å². The summed E-state index contributed by atoms with van der Waals surface area (Å²) in [6, 6.07) is 11.2. The first-order valence-electron chi connectivity index (χ1n) is 12.8. The third-order valence-corrected chi connectivity index (χ3v) is 8.40. The van der Waals surface area contributed by atoms with Crippen molar-refractivity contribution in [2.75, 3.05) is 19.7 Å². The van der Waals surface area contributed by atoms with Gasteiger partial charge in [0.1, 0.15) is 4.83 Å². The number of aromatic nitrogens is 2. The number of carbonyl (C=O) groups excluding carboxylic acids is 1. The third kappa shape index (κ3) is 5.43. The van der Waals surface area contributed by atoms with Crippen LogP contribution in [0.3, 0.4) is 0 Å². The number of piperidine rings is 1. The van der Waals surface area contributed by atoms with Crippen LogP contribution in [0.15, 0.2) is 41.5 Å². The van der Waals surface area contributed by atoms with E-state index in [0.29, 0.717) is 25.2 Å². The number of hydrogen-bond acceptors (Lipinski definition) is 6. The van der Waals surface area contributed by atoms with Gasteiger partial charge in [0.15, 0.2) is 0 Å². The lowest BCUT2D eigenvalue weighted by Crippen LogP contribution is -2.49. The number of ether oxygens (including phenoxy) is 1. The van der Waals surface area contributed by atoms with Crippen LogP contribution in [-0.2, 0) is 30.5 Å². The number of nitrogens with zero attached hydrogens (tertiary/aromatic N) is 3. The standard InChI is InChI=1S/C27H34N4O3S/c1-2-34-27(33)30-15-12-20(13-16-30)29-21-10-11-22-23(17-21)35-25-24(22)26(32)31(18-28-25)14-6-9-19-7-4-3-5-8-19/h3-5,7-8,18,20-21,29H,2,6,9-17H2,1H3. The van der Waals surface area contributed by atoms with Gasteiger partial charge in [-0.25, -0.2) is 9.78 Å². The number of fused-ring (bicyclic) bond motifs is 3. The molecule has 0 saturated carbocycles. The van der Waals surface area contributed by atoms with Crippen LogP contribution in [0, 0.1) is 0 Å². The normalized spacial score (nSPS) is 18.5. The van der Waals surface area contributed by atoms with E-state index in [1.807, 2.05) is 17.9 Å². The molecule has 35 heavy (non-hydrogen) atoms. The van der Waals surface area contributed by atoms with Crippen molar-refractivity contribution >= 4 is 27.6 Å². The average Bonchev–Trinajstić information content (AvgIpc) is 3.25. The van der Waals surface area contributed by atoms with Crippen LogP contribution >= 0.6 is 11.3 Å². The largest absolute Gasteiger partial charge is 0.450 e. The number of hydrogen-bond donors (Lipinski definition) is 1. The van der Waals surface area contributed by atoms with Crippen molar-refractivity contribution in [3.63, 3.8) is 0 Å². The summed E-state index contributed by atoms with van der Waals surface area (Å²) in [5, 5.41) is 4.67. The van der Waals surface area contributed by atoms with Gasteiger partial charge in [-0.05, 0) is 63.0 Å². The van der Waals surface area contributed by atoms with Crippen LogP contribution in [0.4, 0.5) is 4.79 Å². The van der Waals surface area contributed by atoms with Gasteiger partial charge in [0.25, 0.3) is 5.56 Å². The Kier molecular flexibility index (Phi) is 7.48. The predicted octanol–water partition coefficient (Wildman–Crippen LogP) is 4.16. The van der Waals surface area contributed by atoms with Crippen LogP contribution < -0.4 is 10.9 Å². The average molecular weight is 495 g/mol. The number of likely N-dealkylation sites (tertiary alicyclic amines) is 1. The van der Waals surface area contributed by atoms with E-state index < -0.39 is 0 Å². The van der Waals surface area contributed by atoms with Crippen molar-refractivity contribution in [2.24, 2.45) is 0 Å². The molecule has 2 aliphatic rings. The fourth-order valence-electron chi connectivity index (χ4n) is 5.38. The summed E-state index contributed by atoms with van der Waals surface area (Å²) in [4.78, 5) is 33.9. The van der Waals surface area contributed by atoms with Gasteiger partial charge in [0.05, 0.1) is 18.3 Å². The highest BCUT2D eigenvalue weighted by Crippen LogP contribution is 2.34. The topological polar surface area (TPSA) is 76.5 Å². The van der Waals surface area contributed by atoms with E-state index in [1.54, 1.807) is 22.2 Å². The van der Waals surface area contributed by atoms with E-state index in [4.69, 9.17) is 4.74 Å². The molecule has 3 heterocycles. The number of benzene rings is 1. The Bertz CT molecular complexity index is 1210. The molecule has 1 aliphatic heterocycles. The lowest BCUT2D eigenvalue weighted by Gasteiger charge is -2.35. The lowest BCUT2D eigenvalue weighted by molar-refractivity contribution is 0.0940. The molecule has 3 aromatic rings. The second kappa shape index (κ2) is 10.9. The van der Waals surface area contributed by atoms with E-state index in [1.165, 1.54) is 16.0 Å². The van der Waals surface area contributed by atoms with Gasteiger partial charge in [-0.15, -0.1) is 11.3 Å². The molecule has 1 fully saturated rings. The highest BCUT2D eigenvalue weighted by atomic mass is 32.1. The Labute approximate surface area is 210 Å². The van der Waals surface area contributed by atoms with Gasteiger partial charge >= 0.3 is 6.09 Å². The van der Waals surface area contributed by atoms with Gasteiger partial charge < -0.3 is 15.0 Å². The molecule has 1 atom stereocenters.